The smallest absolute Gasteiger partial charge is 0.372 e. The molecule has 8 heteroatoms. The number of aromatic nitrogens is 4. The van der Waals surface area contributed by atoms with E-state index in [9.17, 15) is 13.2 Å². The lowest BCUT2D eigenvalue weighted by Crippen LogP contribution is -2.13. The lowest BCUT2D eigenvalue weighted by molar-refractivity contribution is -0.141. The largest absolute Gasteiger partial charge is 0.435 e. The van der Waals surface area contributed by atoms with Crippen molar-refractivity contribution in [3.63, 3.8) is 0 Å². The van der Waals surface area contributed by atoms with Crippen LogP contribution in [0, 0.1) is 0 Å². The summed E-state index contributed by atoms with van der Waals surface area (Å²) in [5, 5.41) is 7.03. The first-order valence-electron chi connectivity index (χ1n) is 7.70. The number of anilines is 1. The van der Waals surface area contributed by atoms with Crippen LogP contribution < -0.4 is 5.32 Å². The second kappa shape index (κ2) is 6.18. The van der Waals surface area contributed by atoms with Gasteiger partial charge in [-0.1, -0.05) is 13.3 Å². The molecule has 128 valence electrons. The summed E-state index contributed by atoms with van der Waals surface area (Å²) in [6.07, 6.45) is 1.01. The number of rotatable bonds is 5. The molecule has 0 radical (unpaired) electrons. The molecule has 0 amide bonds. The Morgan fingerprint density at radius 2 is 2.00 bits per heavy atom. The summed E-state index contributed by atoms with van der Waals surface area (Å²) in [6, 6.07) is 5.05. The van der Waals surface area contributed by atoms with Gasteiger partial charge in [0.2, 0.25) is 0 Å². The van der Waals surface area contributed by atoms with Gasteiger partial charge < -0.3 is 9.88 Å². The summed E-state index contributed by atoms with van der Waals surface area (Å²) in [5.74, 6) is 0.481. The Hall–Kier alpha value is -2.51. The van der Waals surface area contributed by atoms with Gasteiger partial charge in [-0.3, -0.25) is 0 Å². The molecule has 3 aromatic heterocycles. The third-order valence-corrected chi connectivity index (χ3v) is 3.78. The summed E-state index contributed by atoms with van der Waals surface area (Å²) in [6.45, 7) is 2.12. The monoisotopic (exact) mass is 337 g/mol. The summed E-state index contributed by atoms with van der Waals surface area (Å²) in [7, 11) is 1.67. The van der Waals surface area contributed by atoms with Crippen LogP contribution in [0.2, 0.25) is 0 Å². The van der Waals surface area contributed by atoms with Crippen molar-refractivity contribution in [2.75, 3.05) is 12.4 Å². The SMILES string of the molecule is CCCc1ccn(Cc2c(C(F)(F)F)nc3ccc(NC)nn23)c1. The van der Waals surface area contributed by atoms with Crippen LogP contribution in [0.5, 0.6) is 0 Å². The number of fused-ring (bicyclic) bond motifs is 1. The first-order valence-corrected chi connectivity index (χ1v) is 7.70. The molecule has 0 unspecified atom stereocenters. The molecule has 0 aliphatic heterocycles. The highest BCUT2D eigenvalue weighted by Gasteiger charge is 2.38. The maximum absolute atomic E-state index is 13.4. The van der Waals surface area contributed by atoms with E-state index in [1.165, 1.54) is 10.6 Å². The van der Waals surface area contributed by atoms with Crippen LogP contribution in [0.15, 0.2) is 30.6 Å². The first kappa shape index (κ1) is 16.4. The van der Waals surface area contributed by atoms with Crippen molar-refractivity contribution in [1.29, 1.82) is 0 Å². The average molecular weight is 337 g/mol. The Morgan fingerprint density at radius 1 is 1.21 bits per heavy atom. The van der Waals surface area contributed by atoms with Gasteiger partial charge >= 0.3 is 6.18 Å². The maximum atomic E-state index is 13.4. The third kappa shape index (κ3) is 3.08. The zero-order valence-corrected chi connectivity index (χ0v) is 13.4. The Kier molecular flexibility index (Phi) is 4.21. The van der Waals surface area contributed by atoms with Crippen molar-refractivity contribution < 1.29 is 13.2 Å². The van der Waals surface area contributed by atoms with Gasteiger partial charge in [0.05, 0.1) is 12.2 Å². The van der Waals surface area contributed by atoms with E-state index in [1.54, 1.807) is 23.9 Å². The Balaban J connectivity index is 2.08. The molecule has 0 spiro atoms. The molecule has 0 fully saturated rings. The van der Waals surface area contributed by atoms with Crippen LogP contribution in [0.3, 0.4) is 0 Å². The molecule has 0 saturated carbocycles. The van der Waals surface area contributed by atoms with Gasteiger partial charge in [0.15, 0.2) is 11.3 Å². The van der Waals surface area contributed by atoms with E-state index in [-0.39, 0.29) is 17.9 Å². The van der Waals surface area contributed by atoms with Crippen molar-refractivity contribution in [1.82, 2.24) is 19.2 Å². The van der Waals surface area contributed by atoms with Crippen molar-refractivity contribution in [2.24, 2.45) is 0 Å². The fourth-order valence-electron chi connectivity index (χ4n) is 2.68. The van der Waals surface area contributed by atoms with Crippen molar-refractivity contribution in [3.8, 4) is 0 Å². The van der Waals surface area contributed by atoms with Gasteiger partial charge in [-0.25, -0.2) is 9.50 Å². The molecule has 0 atom stereocenters. The van der Waals surface area contributed by atoms with Crippen LogP contribution in [0.4, 0.5) is 19.0 Å². The zero-order valence-electron chi connectivity index (χ0n) is 13.4. The molecule has 3 heterocycles. The Morgan fingerprint density at radius 3 is 2.67 bits per heavy atom. The van der Waals surface area contributed by atoms with Crippen molar-refractivity contribution in [3.05, 3.63) is 47.5 Å². The number of hydrogen-bond acceptors (Lipinski definition) is 3. The molecule has 0 bridgehead atoms. The van der Waals surface area contributed by atoms with E-state index in [4.69, 9.17) is 0 Å². The first-order chi connectivity index (χ1) is 11.4. The fourth-order valence-corrected chi connectivity index (χ4v) is 2.68. The lowest BCUT2D eigenvalue weighted by atomic mass is 10.2. The van der Waals surface area contributed by atoms with Gasteiger partial charge in [0.1, 0.15) is 5.82 Å². The number of imidazole rings is 1. The normalized spacial score (nSPS) is 12.0. The molecule has 0 saturated heterocycles. The number of nitrogens with zero attached hydrogens (tertiary/aromatic N) is 4. The molecular weight excluding hydrogens is 319 g/mol. The number of alkyl halides is 3. The van der Waals surface area contributed by atoms with Crippen LogP contribution in [-0.2, 0) is 19.1 Å². The minimum Gasteiger partial charge on any atom is -0.372 e. The molecule has 3 rings (SSSR count). The van der Waals surface area contributed by atoms with E-state index < -0.39 is 11.9 Å². The molecule has 0 aliphatic rings. The van der Waals surface area contributed by atoms with E-state index in [0.717, 1.165) is 18.4 Å². The van der Waals surface area contributed by atoms with E-state index in [2.05, 4.69) is 22.3 Å². The van der Waals surface area contributed by atoms with Gasteiger partial charge in [0.25, 0.3) is 0 Å². The molecule has 0 aliphatic carbocycles. The summed E-state index contributed by atoms with van der Waals surface area (Å²) < 4.78 is 43.1. The lowest BCUT2D eigenvalue weighted by Gasteiger charge is -2.09. The summed E-state index contributed by atoms with van der Waals surface area (Å²) >= 11 is 0. The Bertz CT molecular complexity index is 847. The minimum atomic E-state index is -4.53. The average Bonchev–Trinajstić information content (AvgIpc) is 3.12. The predicted octanol–water partition coefficient (Wildman–Crippen LogP) is 3.59. The molecule has 5 nitrogen and oxygen atoms in total. The molecular formula is C16H18F3N5. The van der Waals surface area contributed by atoms with Gasteiger partial charge in [-0.05, 0) is 30.2 Å². The van der Waals surface area contributed by atoms with E-state index >= 15 is 0 Å². The topological polar surface area (TPSA) is 47.2 Å². The summed E-state index contributed by atoms with van der Waals surface area (Å²) in [4.78, 5) is 3.73. The van der Waals surface area contributed by atoms with Gasteiger partial charge in [-0.2, -0.15) is 13.2 Å². The van der Waals surface area contributed by atoms with Crippen LogP contribution in [0.1, 0.15) is 30.3 Å². The van der Waals surface area contributed by atoms with Crippen LogP contribution in [-0.4, -0.2) is 26.2 Å². The van der Waals surface area contributed by atoms with Gasteiger partial charge in [-0.15, -0.1) is 5.10 Å². The van der Waals surface area contributed by atoms with Gasteiger partial charge in [0, 0.05) is 19.4 Å². The van der Waals surface area contributed by atoms with Crippen LogP contribution >= 0.6 is 0 Å². The van der Waals surface area contributed by atoms with Crippen LogP contribution in [0.25, 0.3) is 5.65 Å². The Labute approximate surface area is 137 Å². The standard InChI is InChI=1S/C16H18F3N5/c1-3-4-11-7-8-23(9-11)10-12-15(16(17,18)19)21-14-6-5-13(20-2)22-24(12)14/h5-9H,3-4,10H2,1-2H3,(H,20,22). The number of nitrogens with one attached hydrogen (secondary N) is 1. The quantitative estimate of drug-likeness (QED) is 0.774. The van der Waals surface area contributed by atoms with Crippen molar-refractivity contribution in [2.45, 2.75) is 32.5 Å². The van der Waals surface area contributed by atoms with Crippen molar-refractivity contribution >= 4 is 11.5 Å². The third-order valence-electron chi connectivity index (χ3n) is 3.78. The number of aryl methyl sites for hydroxylation is 1. The van der Waals surface area contributed by atoms with E-state index in [0.29, 0.717) is 5.82 Å². The predicted molar refractivity (Wildman–Crippen MR) is 85.1 cm³/mol. The second-order valence-corrected chi connectivity index (χ2v) is 5.59. The fraction of sp³-hybridized carbons (Fsp3) is 0.375. The molecule has 3 aromatic rings. The second-order valence-electron chi connectivity index (χ2n) is 5.59. The highest BCUT2D eigenvalue weighted by atomic mass is 19.4. The minimum absolute atomic E-state index is 0.0215. The highest BCUT2D eigenvalue weighted by molar-refractivity contribution is 5.47. The molecule has 1 N–H and O–H groups in total. The number of hydrogen-bond donors (Lipinski definition) is 1. The highest BCUT2D eigenvalue weighted by Crippen LogP contribution is 2.32. The molecule has 0 aromatic carbocycles. The molecule has 24 heavy (non-hydrogen) atoms. The summed E-state index contributed by atoms with van der Waals surface area (Å²) in [5.41, 5.74) is 0.406. The maximum Gasteiger partial charge on any atom is 0.435 e. The number of halogens is 3. The van der Waals surface area contributed by atoms with E-state index in [1.807, 2.05) is 12.3 Å². The zero-order chi connectivity index (χ0) is 17.3.